The van der Waals surface area contributed by atoms with Gasteiger partial charge in [0, 0.05) is 18.7 Å². The van der Waals surface area contributed by atoms with Crippen molar-refractivity contribution < 1.29 is 76.7 Å². The van der Waals surface area contributed by atoms with E-state index in [2.05, 4.69) is 34.9 Å². The maximum Gasteiger partial charge on any atom is 0.325 e. The van der Waals surface area contributed by atoms with E-state index in [1.165, 1.54) is 7.11 Å². The summed E-state index contributed by atoms with van der Waals surface area (Å²) in [4.78, 5) is 103. The third-order valence-corrected chi connectivity index (χ3v) is 8.15. The largest absolute Gasteiger partial charge is 0.469 e. The van der Waals surface area contributed by atoms with Gasteiger partial charge < -0.3 is 49.5 Å². The number of methoxy groups -OCH3 is 3. The standard InChI is InChI=1S/C11H17NO6.C9H12ClNO5.C9H11NO5/c1-3-18-9(14)4-8(13)12-11(6-17-7-11)5-10(15)16-2;1-16-8(15)6-5(13)2-9(3-10,4-12)11-7(6)14;1-14-8(13)6-5(11)2-9(3-15-4-9)10-7(6)12/h3-7H2,1-2H3,(H,12,13);6,12H,2-4H2,1H3,(H,11,14);6H,2-4H2,1H3,(H,10,12). The number of amides is 3. The van der Waals surface area contributed by atoms with Crippen LogP contribution < -0.4 is 16.0 Å². The molecule has 0 saturated carbocycles. The van der Waals surface area contributed by atoms with E-state index in [0.29, 0.717) is 13.2 Å². The maximum atomic E-state index is 11.6. The highest BCUT2D eigenvalue weighted by Crippen LogP contribution is 2.28. The van der Waals surface area contributed by atoms with E-state index in [0.717, 1.165) is 14.2 Å². The van der Waals surface area contributed by atoms with Crippen LogP contribution in [0.25, 0.3) is 0 Å². The molecule has 0 aromatic rings. The van der Waals surface area contributed by atoms with Crippen LogP contribution in [0.5, 0.6) is 0 Å². The van der Waals surface area contributed by atoms with Crippen LogP contribution in [0.1, 0.15) is 32.6 Å². The van der Waals surface area contributed by atoms with Gasteiger partial charge in [-0.15, -0.1) is 11.6 Å². The van der Waals surface area contributed by atoms with Gasteiger partial charge in [0.1, 0.15) is 6.42 Å². The van der Waals surface area contributed by atoms with E-state index in [1.807, 2.05) is 0 Å². The number of rotatable bonds is 10. The normalized spacial score (nSPS) is 24.4. The number of halogens is 1. The topological polar surface area (TPSA) is 265 Å². The number of aliphatic hydroxyl groups is 1. The molecule has 0 radical (unpaired) electrons. The van der Waals surface area contributed by atoms with Crippen LogP contribution in [-0.4, -0.2) is 142 Å². The highest BCUT2D eigenvalue weighted by atomic mass is 35.5. The first-order chi connectivity index (χ1) is 23.1. The smallest absolute Gasteiger partial charge is 0.325 e. The molecule has 49 heavy (non-hydrogen) atoms. The van der Waals surface area contributed by atoms with Gasteiger partial charge in [-0.25, -0.2) is 0 Å². The zero-order chi connectivity index (χ0) is 37.0. The SMILES string of the molecule is CCOC(=O)CC(=O)NC1(CC(=O)OC)COC1.COC(=O)C1C(=O)CC(CO)(CCl)NC1=O.COC(=O)C1C(=O)CC2(COC2)NC1=O. The second-order valence-electron chi connectivity index (χ2n) is 11.6. The fourth-order valence-electron chi connectivity index (χ4n) is 4.97. The van der Waals surface area contributed by atoms with E-state index < -0.39 is 88.2 Å². The first kappa shape index (κ1) is 41.0. The molecule has 3 atom stereocenters. The summed E-state index contributed by atoms with van der Waals surface area (Å²) >= 11 is 5.59. The highest BCUT2D eigenvalue weighted by molar-refractivity contribution is 6.22. The van der Waals surface area contributed by atoms with Crippen LogP contribution in [0.15, 0.2) is 0 Å². The minimum absolute atomic E-state index is 0.0259. The summed E-state index contributed by atoms with van der Waals surface area (Å²) in [6.07, 6.45) is -0.383. The van der Waals surface area contributed by atoms with Gasteiger partial charge >= 0.3 is 23.9 Å². The van der Waals surface area contributed by atoms with Crippen LogP contribution in [0.2, 0.25) is 0 Å². The van der Waals surface area contributed by atoms with Crippen LogP contribution in [0, 0.1) is 11.8 Å². The number of ether oxygens (including phenoxy) is 6. The maximum absolute atomic E-state index is 11.6. The van der Waals surface area contributed by atoms with Gasteiger partial charge in [-0.3, -0.25) is 43.2 Å². The molecule has 0 bridgehead atoms. The molecule has 0 aromatic heterocycles. The number of nitrogens with one attached hydrogen (secondary N) is 3. The molecule has 4 heterocycles. The number of ketones is 2. The predicted molar refractivity (Wildman–Crippen MR) is 160 cm³/mol. The van der Waals surface area contributed by atoms with Gasteiger partial charge in [0.2, 0.25) is 17.7 Å². The first-order valence-corrected chi connectivity index (χ1v) is 15.3. The summed E-state index contributed by atoms with van der Waals surface area (Å²) in [5, 5.41) is 16.7. The van der Waals surface area contributed by atoms with Gasteiger partial charge in [-0.2, -0.15) is 0 Å². The quantitative estimate of drug-likeness (QED) is 0.0751. The molecular weight excluding hydrogens is 682 g/mol. The molecule has 4 N–H and O–H groups in total. The van der Waals surface area contributed by atoms with Crippen LogP contribution in [0.4, 0.5) is 0 Å². The summed E-state index contributed by atoms with van der Waals surface area (Å²) in [6, 6.07) is 0. The number of carbonyl (C=O) groups excluding carboxylic acids is 9. The Bertz CT molecular complexity index is 1270. The lowest BCUT2D eigenvalue weighted by Crippen LogP contribution is -2.68. The Balaban J connectivity index is 0.000000256. The van der Waals surface area contributed by atoms with Gasteiger partial charge in [-0.1, -0.05) is 0 Å². The molecule has 4 aliphatic rings. The fraction of sp³-hybridized carbons (Fsp3) is 0.690. The van der Waals surface area contributed by atoms with Crippen LogP contribution in [-0.2, 0) is 71.6 Å². The monoisotopic (exact) mass is 721 g/mol. The lowest BCUT2D eigenvalue weighted by molar-refractivity contribution is -0.165. The number of Topliss-reactive ketones (excluding diaryl/α,β-unsaturated/α-hetero) is 2. The molecule has 3 unspecified atom stereocenters. The molecule has 4 saturated heterocycles. The lowest BCUT2D eigenvalue weighted by atomic mass is 9.81. The minimum atomic E-state index is -1.45. The van der Waals surface area contributed by atoms with E-state index >= 15 is 0 Å². The van der Waals surface area contributed by atoms with Crippen molar-refractivity contribution in [2.45, 2.75) is 49.2 Å². The molecule has 4 rings (SSSR count). The summed E-state index contributed by atoms with van der Waals surface area (Å²) in [6.45, 7) is 2.56. The number of hydrogen-bond acceptors (Lipinski definition) is 16. The van der Waals surface area contributed by atoms with Crippen molar-refractivity contribution in [2.75, 3.05) is 66.9 Å². The van der Waals surface area contributed by atoms with Crippen molar-refractivity contribution in [3.05, 3.63) is 0 Å². The number of carbonyl (C=O) groups is 9. The zero-order valence-corrected chi connectivity index (χ0v) is 28.1. The second kappa shape index (κ2) is 18.0. The Hall–Kier alpha value is -4.20. The predicted octanol–water partition coefficient (Wildman–Crippen LogP) is -3.14. The van der Waals surface area contributed by atoms with Gasteiger partial charge in [0.25, 0.3) is 0 Å². The van der Waals surface area contributed by atoms with Crippen molar-refractivity contribution in [2.24, 2.45) is 11.8 Å². The van der Waals surface area contributed by atoms with E-state index in [1.54, 1.807) is 6.92 Å². The molecule has 1 spiro atoms. The van der Waals surface area contributed by atoms with Crippen LogP contribution in [0.3, 0.4) is 0 Å². The Labute approximate surface area is 285 Å². The number of esters is 4. The molecule has 4 aliphatic heterocycles. The average Bonchev–Trinajstić information content (AvgIpc) is 3.02. The summed E-state index contributed by atoms with van der Waals surface area (Å²) in [5.74, 6) is -8.42. The fourth-order valence-corrected chi connectivity index (χ4v) is 5.22. The van der Waals surface area contributed by atoms with E-state index in [-0.39, 0.29) is 51.4 Å². The van der Waals surface area contributed by atoms with Gasteiger partial charge in [0.15, 0.2) is 23.4 Å². The number of piperidine rings is 2. The minimum Gasteiger partial charge on any atom is -0.469 e. The van der Waals surface area contributed by atoms with Crippen molar-refractivity contribution in [1.29, 1.82) is 0 Å². The van der Waals surface area contributed by atoms with Crippen LogP contribution >= 0.6 is 11.6 Å². The highest BCUT2D eigenvalue weighted by Gasteiger charge is 2.52. The third kappa shape index (κ3) is 10.6. The van der Waals surface area contributed by atoms with E-state index in [9.17, 15) is 43.2 Å². The zero-order valence-electron chi connectivity index (χ0n) is 27.4. The molecule has 4 fully saturated rings. The summed E-state index contributed by atoms with van der Waals surface area (Å²) in [7, 11) is 3.52. The summed E-state index contributed by atoms with van der Waals surface area (Å²) in [5.41, 5.74) is -2.49. The van der Waals surface area contributed by atoms with E-state index in [4.69, 9.17) is 26.2 Å². The Morgan fingerprint density at radius 3 is 1.73 bits per heavy atom. The molecule has 19 nitrogen and oxygen atoms in total. The average molecular weight is 722 g/mol. The molecule has 20 heteroatoms. The van der Waals surface area contributed by atoms with Crippen molar-refractivity contribution in [3.63, 3.8) is 0 Å². The number of alkyl halides is 1. The number of hydrogen-bond donors (Lipinski definition) is 4. The Morgan fingerprint density at radius 2 is 1.37 bits per heavy atom. The summed E-state index contributed by atoms with van der Waals surface area (Å²) < 4.78 is 27.9. The Kier molecular flexibility index (Phi) is 15.0. The molecule has 0 aromatic carbocycles. The van der Waals surface area contributed by atoms with Crippen molar-refractivity contribution in [3.8, 4) is 0 Å². The third-order valence-electron chi connectivity index (χ3n) is 7.64. The van der Waals surface area contributed by atoms with Crippen molar-refractivity contribution >= 4 is 64.8 Å². The second-order valence-corrected chi connectivity index (χ2v) is 11.8. The van der Waals surface area contributed by atoms with Crippen molar-refractivity contribution in [1.82, 2.24) is 16.0 Å². The molecule has 274 valence electrons. The molecule has 0 aliphatic carbocycles. The lowest BCUT2D eigenvalue weighted by Gasteiger charge is -2.45. The van der Waals surface area contributed by atoms with Gasteiger partial charge in [-0.05, 0) is 6.92 Å². The molecule has 3 amide bonds. The van der Waals surface area contributed by atoms with Gasteiger partial charge in [0.05, 0.1) is 84.0 Å². The Morgan fingerprint density at radius 1 is 0.837 bits per heavy atom. The first-order valence-electron chi connectivity index (χ1n) is 14.8. The molecular formula is C29H40ClN3O16. The number of aliphatic hydroxyl groups excluding tert-OH is 1.